The highest BCUT2D eigenvalue weighted by atomic mass is 16.3. The Morgan fingerprint density at radius 2 is 1.57 bits per heavy atom. The van der Waals surface area contributed by atoms with Crippen LogP contribution in [0.1, 0.15) is 11.6 Å². The van der Waals surface area contributed by atoms with Crippen molar-refractivity contribution in [2.75, 3.05) is 33.8 Å². The van der Waals surface area contributed by atoms with Gasteiger partial charge in [-0.1, -0.05) is 54.6 Å². The Hall–Kier alpha value is -1.68. The van der Waals surface area contributed by atoms with Crippen LogP contribution >= 0.6 is 0 Å². The van der Waals surface area contributed by atoms with Crippen LogP contribution in [0.3, 0.4) is 0 Å². The van der Waals surface area contributed by atoms with Gasteiger partial charge in [-0.25, -0.2) is 0 Å². The lowest BCUT2D eigenvalue weighted by atomic mass is 10.0. The Labute approximate surface area is 127 Å². The maximum Gasteiger partial charge on any atom is 0.0626 e. The molecule has 0 heterocycles. The molecule has 0 fully saturated rings. The summed E-state index contributed by atoms with van der Waals surface area (Å²) >= 11 is 0. The summed E-state index contributed by atoms with van der Waals surface area (Å²) in [6, 6.07) is 18.7. The van der Waals surface area contributed by atoms with Crippen molar-refractivity contribution in [2.45, 2.75) is 6.04 Å². The standard InChI is InChI=1S/C18H24N2O/c1-20(2)13-12-19-18(14-21)17-10-8-16(9-11-17)15-6-4-3-5-7-15/h3-11,18-19,21H,12-14H2,1-2H3. The van der Waals surface area contributed by atoms with Crippen LogP contribution in [0.2, 0.25) is 0 Å². The molecule has 0 aromatic heterocycles. The number of aliphatic hydroxyl groups excluding tert-OH is 1. The minimum Gasteiger partial charge on any atom is -0.394 e. The molecule has 1 unspecified atom stereocenters. The molecule has 0 bridgehead atoms. The summed E-state index contributed by atoms with van der Waals surface area (Å²) in [5, 5.41) is 12.9. The summed E-state index contributed by atoms with van der Waals surface area (Å²) in [5.74, 6) is 0. The number of hydrogen-bond donors (Lipinski definition) is 2. The topological polar surface area (TPSA) is 35.5 Å². The number of aliphatic hydroxyl groups is 1. The first-order valence-corrected chi connectivity index (χ1v) is 7.35. The van der Waals surface area contributed by atoms with Crippen LogP contribution in [0.4, 0.5) is 0 Å². The van der Waals surface area contributed by atoms with Crippen LogP contribution in [0, 0.1) is 0 Å². The molecule has 2 aromatic rings. The Balaban J connectivity index is 2.03. The summed E-state index contributed by atoms with van der Waals surface area (Å²) in [4.78, 5) is 2.12. The predicted octanol–water partition coefficient (Wildman–Crippen LogP) is 2.54. The third-order valence-electron chi connectivity index (χ3n) is 3.55. The molecule has 1 atom stereocenters. The van der Waals surface area contributed by atoms with Crippen LogP contribution in [-0.2, 0) is 0 Å². The molecule has 0 saturated heterocycles. The molecule has 0 spiro atoms. The van der Waals surface area contributed by atoms with Gasteiger partial charge >= 0.3 is 0 Å². The molecule has 0 aliphatic carbocycles. The highest BCUT2D eigenvalue weighted by Gasteiger charge is 2.09. The van der Waals surface area contributed by atoms with Crippen molar-refractivity contribution >= 4 is 0 Å². The second-order valence-electron chi connectivity index (χ2n) is 5.48. The number of nitrogens with one attached hydrogen (secondary N) is 1. The molecule has 0 aliphatic heterocycles. The summed E-state index contributed by atoms with van der Waals surface area (Å²) in [6.07, 6.45) is 0. The van der Waals surface area contributed by atoms with Crippen molar-refractivity contribution in [3.63, 3.8) is 0 Å². The molecule has 21 heavy (non-hydrogen) atoms. The number of likely N-dealkylation sites (N-methyl/N-ethyl adjacent to an activating group) is 1. The summed E-state index contributed by atoms with van der Waals surface area (Å²) in [7, 11) is 4.09. The summed E-state index contributed by atoms with van der Waals surface area (Å²) < 4.78 is 0. The number of nitrogens with zero attached hydrogens (tertiary/aromatic N) is 1. The molecule has 3 nitrogen and oxygen atoms in total. The maximum absolute atomic E-state index is 9.55. The molecule has 112 valence electrons. The van der Waals surface area contributed by atoms with E-state index < -0.39 is 0 Å². The van der Waals surface area contributed by atoms with Crippen LogP contribution in [-0.4, -0.2) is 43.8 Å². The average Bonchev–Trinajstić information content (AvgIpc) is 2.52. The number of hydrogen-bond acceptors (Lipinski definition) is 3. The van der Waals surface area contributed by atoms with Crippen molar-refractivity contribution < 1.29 is 5.11 Å². The van der Waals surface area contributed by atoms with Gasteiger partial charge in [0.05, 0.1) is 12.6 Å². The van der Waals surface area contributed by atoms with Crippen LogP contribution < -0.4 is 5.32 Å². The molecule has 2 rings (SSSR count). The minimum absolute atomic E-state index is 0.00484. The molecule has 2 aromatic carbocycles. The zero-order valence-corrected chi connectivity index (χ0v) is 12.8. The lowest BCUT2D eigenvalue weighted by Gasteiger charge is -2.19. The summed E-state index contributed by atoms with van der Waals surface area (Å²) in [5.41, 5.74) is 3.53. The number of rotatable bonds is 7. The zero-order chi connectivity index (χ0) is 15.1. The monoisotopic (exact) mass is 284 g/mol. The smallest absolute Gasteiger partial charge is 0.0626 e. The predicted molar refractivity (Wildman–Crippen MR) is 88.3 cm³/mol. The first-order chi connectivity index (χ1) is 10.2. The molecule has 0 saturated carbocycles. The third kappa shape index (κ3) is 4.67. The minimum atomic E-state index is -0.00484. The van der Waals surface area contributed by atoms with Gasteiger partial charge in [-0.2, -0.15) is 0 Å². The van der Waals surface area contributed by atoms with E-state index in [0.717, 1.165) is 18.7 Å². The van der Waals surface area contributed by atoms with Gasteiger partial charge in [-0.3, -0.25) is 0 Å². The van der Waals surface area contributed by atoms with Crippen LogP contribution in [0.5, 0.6) is 0 Å². The normalized spacial score (nSPS) is 12.6. The zero-order valence-electron chi connectivity index (χ0n) is 12.8. The second kappa shape index (κ2) is 7.93. The van der Waals surface area contributed by atoms with E-state index >= 15 is 0 Å². The summed E-state index contributed by atoms with van der Waals surface area (Å²) in [6.45, 7) is 1.93. The fourth-order valence-corrected chi connectivity index (χ4v) is 2.29. The average molecular weight is 284 g/mol. The molecule has 0 aliphatic rings. The fraction of sp³-hybridized carbons (Fsp3) is 0.333. The van der Waals surface area contributed by atoms with E-state index in [2.05, 4.69) is 46.6 Å². The highest BCUT2D eigenvalue weighted by molar-refractivity contribution is 5.63. The molecule has 0 radical (unpaired) electrons. The molecule has 2 N–H and O–H groups in total. The van der Waals surface area contributed by atoms with Gasteiger partial charge < -0.3 is 15.3 Å². The SMILES string of the molecule is CN(C)CCNC(CO)c1ccc(-c2ccccc2)cc1. The van der Waals surface area contributed by atoms with Gasteiger partial charge in [0.15, 0.2) is 0 Å². The van der Waals surface area contributed by atoms with Gasteiger partial charge in [0.2, 0.25) is 0 Å². The molecular formula is C18H24N2O. The lowest BCUT2D eigenvalue weighted by molar-refractivity contribution is 0.240. The van der Waals surface area contributed by atoms with E-state index in [4.69, 9.17) is 0 Å². The van der Waals surface area contributed by atoms with E-state index in [1.807, 2.05) is 32.3 Å². The highest BCUT2D eigenvalue weighted by Crippen LogP contribution is 2.21. The van der Waals surface area contributed by atoms with E-state index in [1.54, 1.807) is 0 Å². The van der Waals surface area contributed by atoms with Gasteiger partial charge in [0.25, 0.3) is 0 Å². The largest absolute Gasteiger partial charge is 0.394 e. The second-order valence-corrected chi connectivity index (χ2v) is 5.48. The Kier molecular flexibility index (Phi) is 5.93. The Morgan fingerprint density at radius 1 is 0.952 bits per heavy atom. The lowest BCUT2D eigenvalue weighted by Crippen LogP contribution is -2.31. The quantitative estimate of drug-likeness (QED) is 0.820. The number of benzene rings is 2. The van der Waals surface area contributed by atoms with Gasteiger partial charge in [0, 0.05) is 13.1 Å². The fourth-order valence-electron chi connectivity index (χ4n) is 2.29. The van der Waals surface area contributed by atoms with Crippen molar-refractivity contribution in [1.82, 2.24) is 10.2 Å². The van der Waals surface area contributed by atoms with Crippen molar-refractivity contribution in [3.05, 3.63) is 60.2 Å². The molecular weight excluding hydrogens is 260 g/mol. The Morgan fingerprint density at radius 3 is 2.14 bits per heavy atom. The van der Waals surface area contributed by atoms with Gasteiger partial charge in [-0.15, -0.1) is 0 Å². The van der Waals surface area contributed by atoms with E-state index in [1.165, 1.54) is 11.1 Å². The van der Waals surface area contributed by atoms with Crippen LogP contribution in [0.25, 0.3) is 11.1 Å². The van der Waals surface area contributed by atoms with Crippen molar-refractivity contribution in [2.24, 2.45) is 0 Å². The maximum atomic E-state index is 9.55. The van der Waals surface area contributed by atoms with Crippen LogP contribution in [0.15, 0.2) is 54.6 Å². The first kappa shape index (κ1) is 15.7. The van der Waals surface area contributed by atoms with Crippen molar-refractivity contribution in [3.8, 4) is 11.1 Å². The van der Waals surface area contributed by atoms with Gasteiger partial charge in [-0.05, 0) is 30.8 Å². The third-order valence-corrected chi connectivity index (χ3v) is 3.55. The van der Waals surface area contributed by atoms with E-state index in [9.17, 15) is 5.11 Å². The van der Waals surface area contributed by atoms with E-state index in [0.29, 0.717) is 0 Å². The van der Waals surface area contributed by atoms with Crippen molar-refractivity contribution in [1.29, 1.82) is 0 Å². The Bertz CT molecular complexity index is 523. The van der Waals surface area contributed by atoms with E-state index in [-0.39, 0.29) is 12.6 Å². The van der Waals surface area contributed by atoms with Gasteiger partial charge in [0.1, 0.15) is 0 Å². The molecule has 0 amide bonds. The molecule has 3 heteroatoms. The first-order valence-electron chi connectivity index (χ1n) is 7.35.